The molecule has 1 atom stereocenters. The SMILES string of the molecule is CCN(CC)C([C]=O)c1ccccc1. The van der Waals surface area contributed by atoms with Crippen molar-refractivity contribution in [1.29, 1.82) is 0 Å². The molecule has 1 radical (unpaired) electrons. The zero-order valence-electron chi connectivity index (χ0n) is 8.73. The average molecular weight is 190 g/mol. The van der Waals surface area contributed by atoms with Gasteiger partial charge in [-0.2, -0.15) is 0 Å². The Balaban J connectivity index is 2.86. The molecular formula is C12H16NO. The third-order valence-electron chi connectivity index (χ3n) is 2.40. The number of carbonyl (C=O) groups excluding carboxylic acids is 1. The molecule has 0 spiro atoms. The van der Waals surface area contributed by atoms with Gasteiger partial charge in [-0.25, -0.2) is 0 Å². The van der Waals surface area contributed by atoms with Gasteiger partial charge in [0.1, 0.15) is 6.04 Å². The molecule has 2 nitrogen and oxygen atoms in total. The van der Waals surface area contributed by atoms with Gasteiger partial charge in [-0.15, -0.1) is 0 Å². The van der Waals surface area contributed by atoms with Crippen molar-refractivity contribution in [2.24, 2.45) is 0 Å². The predicted octanol–water partition coefficient (Wildman–Crippen LogP) is 2.18. The van der Waals surface area contributed by atoms with E-state index in [-0.39, 0.29) is 6.04 Å². The Morgan fingerprint density at radius 1 is 1.21 bits per heavy atom. The fraction of sp³-hybridized carbons (Fsp3) is 0.417. The summed E-state index contributed by atoms with van der Waals surface area (Å²) in [5, 5.41) is 0. The summed E-state index contributed by atoms with van der Waals surface area (Å²) in [5.74, 6) is 0. The third-order valence-corrected chi connectivity index (χ3v) is 2.40. The van der Waals surface area contributed by atoms with Crippen molar-refractivity contribution >= 4 is 6.29 Å². The van der Waals surface area contributed by atoms with Crippen LogP contribution in [0.3, 0.4) is 0 Å². The van der Waals surface area contributed by atoms with Gasteiger partial charge in [0, 0.05) is 0 Å². The summed E-state index contributed by atoms with van der Waals surface area (Å²) in [6.45, 7) is 5.84. The molecule has 0 bridgehead atoms. The first kappa shape index (κ1) is 10.9. The van der Waals surface area contributed by atoms with Crippen molar-refractivity contribution in [3.63, 3.8) is 0 Å². The van der Waals surface area contributed by atoms with Gasteiger partial charge in [0.2, 0.25) is 6.29 Å². The van der Waals surface area contributed by atoms with Crippen LogP contribution in [-0.2, 0) is 4.79 Å². The van der Waals surface area contributed by atoms with Crippen LogP contribution in [0.15, 0.2) is 30.3 Å². The lowest BCUT2D eigenvalue weighted by atomic mass is 10.1. The maximum Gasteiger partial charge on any atom is 0.222 e. The molecule has 1 aromatic rings. The molecule has 1 aromatic carbocycles. The minimum Gasteiger partial charge on any atom is -0.290 e. The molecule has 0 N–H and O–H groups in total. The van der Waals surface area contributed by atoms with E-state index in [1.165, 1.54) is 0 Å². The highest BCUT2D eigenvalue weighted by molar-refractivity contribution is 5.62. The van der Waals surface area contributed by atoms with E-state index in [1.54, 1.807) is 0 Å². The lowest BCUT2D eigenvalue weighted by Gasteiger charge is -2.24. The van der Waals surface area contributed by atoms with Crippen LogP contribution in [0.4, 0.5) is 0 Å². The molecule has 0 aliphatic heterocycles. The second kappa shape index (κ2) is 5.55. The highest BCUT2D eigenvalue weighted by Crippen LogP contribution is 2.17. The quantitative estimate of drug-likeness (QED) is 0.709. The number of hydrogen-bond donors (Lipinski definition) is 0. The van der Waals surface area contributed by atoms with Crippen LogP contribution in [0.25, 0.3) is 0 Å². The van der Waals surface area contributed by atoms with Crippen molar-refractivity contribution in [2.45, 2.75) is 19.9 Å². The van der Waals surface area contributed by atoms with Gasteiger partial charge in [-0.05, 0) is 18.7 Å². The number of rotatable bonds is 5. The first-order chi connectivity index (χ1) is 6.83. The maximum atomic E-state index is 10.9. The highest BCUT2D eigenvalue weighted by atomic mass is 16.1. The number of hydrogen-bond acceptors (Lipinski definition) is 2. The Morgan fingerprint density at radius 2 is 1.79 bits per heavy atom. The van der Waals surface area contributed by atoms with Crippen LogP contribution in [0.5, 0.6) is 0 Å². The zero-order valence-corrected chi connectivity index (χ0v) is 8.73. The Morgan fingerprint density at radius 3 is 2.21 bits per heavy atom. The molecule has 0 aliphatic carbocycles. The molecule has 0 aromatic heterocycles. The molecule has 0 heterocycles. The molecule has 0 saturated carbocycles. The van der Waals surface area contributed by atoms with Crippen LogP contribution in [-0.4, -0.2) is 24.3 Å². The van der Waals surface area contributed by atoms with Gasteiger partial charge in [-0.1, -0.05) is 44.2 Å². The van der Waals surface area contributed by atoms with Gasteiger partial charge in [0.15, 0.2) is 0 Å². The van der Waals surface area contributed by atoms with Gasteiger partial charge < -0.3 is 0 Å². The van der Waals surface area contributed by atoms with Crippen LogP contribution >= 0.6 is 0 Å². The van der Waals surface area contributed by atoms with Gasteiger partial charge in [0.05, 0.1) is 0 Å². The third kappa shape index (κ3) is 2.42. The second-order valence-corrected chi connectivity index (χ2v) is 3.15. The molecule has 0 aliphatic rings. The monoisotopic (exact) mass is 190 g/mol. The Bertz CT molecular complexity index is 267. The van der Waals surface area contributed by atoms with Crippen LogP contribution in [0.1, 0.15) is 25.5 Å². The van der Waals surface area contributed by atoms with Crippen LogP contribution in [0, 0.1) is 0 Å². The summed E-state index contributed by atoms with van der Waals surface area (Å²) >= 11 is 0. The summed E-state index contributed by atoms with van der Waals surface area (Å²) in [5.41, 5.74) is 1.02. The molecule has 2 heteroatoms. The molecule has 75 valence electrons. The summed E-state index contributed by atoms with van der Waals surface area (Å²) in [6, 6.07) is 9.56. The predicted molar refractivity (Wildman–Crippen MR) is 57.8 cm³/mol. The fourth-order valence-electron chi connectivity index (χ4n) is 1.58. The van der Waals surface area contributed by atoms with E-state index in [2.05, 4.69) is 25.0 Å². The number of nitrogens with zero attached hydrogens (tertiary/aromatic N) is 1. The Labute approximate surface area is 85.5 Å². The normalized spacial score (nSPS) is 12.8. The van der Waals surface area contributed by atoms with Gasteiger partial charge in [0.25, 0.3) is 0 Å². The van der Waals surface area contributed by atoms with Crippen LogP contribution < -0.4 is 0 Å². The first-order valence-electron chi connectivity index (χ1n) is 5.00. The van der Waals surface area contributed by atoms with E-state index in [1.807, 2.05) is 30.3 Å². The Hall–Kier alpha value is -1.15. The summed E-state index contributed by atoms with van der Waals surface area (Å²) < 4.78 is 0. The number of benzene rings is 1. The van der Waals surface area contributed by atoms with E-state index in [9.17, 15) is 4.79 Å². The van der Waals surface area contributed by atoms with Crippen molar-refractivity contribution in [3.05, 3.63) is 35.9 Å². The largest absolute Gasteiger partial charge is 0.290 e. The lowest BCUT2D eigenvalue weighted by Crippen LogP contribution is -2.29. The first-order valence-corrected chi connectivity index (χ1v) is 5.00. The van der Waals surface area contributed by atoms with E-state index in [0.717, 1.165) is 18.7 Å². The summed E-state index contributed by atoms with van der Waals surface area (Å²) in [6.07, 6.45) is 2.10. The highest BCUT2D eigenvalue weighted by Gasteiger charge is 2.16. The van der Waals surface area contributed by atoms with E-state index < -0.39 is 0 Å². The smallest absolute Gasteiger partial charge is 0.222 e. The maximum absolute atomic E-state index is 10.9. The second-order valence-electron chi connectivity index (χ2n) is 3.15. The molecule has 0 saturated heterocycles. The van der Waals surface area contributed by atoms with Crippen molar-refractivity contribution in [3.8, 4) is 0 Å². The lowest BCUT2D eigenvalue weighted by molar-refractivity contribution is 0.265. The number of likely N-dealkylation sites (N-methyl/N-ethyl adjacent to an activating group) is 1. The van der Waals surface area contributed by atoms with Crippen molar-refractivity contribution < 1.29 is 4.79 Å². The molecule has 1 rings (SSSR count). The fourth-order valence-corrected chi connectivity index (χ4v) is 1.58. The molecule has 1 unspecified atom stereocenters. The summed E-state index contributed by atoms with van der Waals surface area (Å²) in [7, 11) is 0. The van der Waals surface area contributed by atoms with Crippen molar-refractivity contribution in [1.82, 2.24) is 4.90 Å². The van der Waals surface area contributed by atoms with Gasteiger partial charge in [-0.3, -0.25) is 9.69 Å². The summed E-state index contributed by atoms with van der Waals surface area (Å²) in [4.78, 5) is 13.0. The molecule has 0 fully saturated rings. The van der Waals surface area contributed by atoms with Crippen LogP contribution in [0.2, 0.25) is 0 Å². The molecule has 0 amide bonds. The van der Waals surface area contributed by atoms with E-state index in [0.29, 0.717) is 0 Å². The standard InChI is InChI=1S/C12H16NO/c1-3-13(4-2)12(10-14)11-8-6-5-7-9-11/h5-9,12H,3-4H2,1-2H3. The topological polar surface area (TPSA) is 20.3 Å². The Kier molecular flexibility index (Phi) is 4.33. The van der Waals surface area contributed by atoms with Crippen molar-refractivity contribution in [2.75, 3.05) is 13.1 Å². The average Bonchev–Trinajstić information content (AvgIpc) is 2.27. The molecule has 14 heavy (non-hydrogen) atoms. The zero-order chi connectivity index (χ0) is 10.4. The minimum absolute atomic E-state index is 0.216. The molecular weight excluding hydrogens is 174 g/mol. The van der Waals surface area contributed by atoms with Gasteiger partial charge >= 0.3 is 0 Å². The minimum atomic E-state index is -0.216. The van der Waals surface area contributed by atoms with E-state index in [4.69, 9.17) is 0 Å². The van der Waals surface area contributed by atoms with E-state index >= 15 is 0 Å².